The van der Waals surface area contributed by atoms with Crippen LogP contribution in [-0.2, 0) is 0 Å². The van der Waals surface area contributed by atoms with Crippen LogP contribution < -0.4 is 10.6 Å². The molecule has 2 fully saturated rings. The van der Waals surface area contributed by atoms with Gasteiger partial charge in [-0.15, -0.1) is 23.7 Å². The van der Waals surface area contributed by atoms with E-state index in [-0.39, 0.29) is 30.1 Å². The zero-order valence-corrected chi connectivity index (χ0v) is 14.0. The molecule has 2 heterocycles. The number of thiophene rings is 1. The molecule has 3 rings (SSSR count). The molecule has 1 aliphatic carbocycles. The Morgan fingerprint density at radius 3 is 2.64 bits per heavy atom. The van der Waals surface area contributed by atoms with Crippen LogP contribution in [0.5, 0.6) is 0 Å². The number of halogens is 1. The molecule has 122 valence electrons. The fourth-order valence-electron chi connectivity index (χ4n) is 3.34. The lowest BCUT2D eigenvalue weighted by Crippen LogP contribution is -2.49. The molecule has 22 heavy (non-hydrogen) atoms. The van der Waals surface area contributed by atoms with E-state index in [2.05, 4.69) is 10.6 Å². The summed E-state index contributed by atoms with van der Waals surface area (Å²) in [6.45, 7) is 3.43. The highest BCUT2D eigenvalue weighted by atomic mass is 35.5. The molecular formula is C15H21ClN2O3S. The van der Waals surface area contributed by atoms with E-state index in [1.54, 1.807) is 11.4 Å². The van der Waals surface area contributed by atoms with Gasteiger partial charge in [-0.3, -0.25) is 9.59 Å². The summed E-state index contributed by atoms with van der Waals surface area (Å²) >= 11 is 1.28. The van der Waals surface area contributed by atoms with E-state index in [1.165, 1.54) is 18.3 Å². The predicted molar refractivity (Wildman–Crippen MR) is 87.9 cm³/mol. The Hall–Kier alpha value is -0.950. The van der Waals surface area contributed by atoms with E-state index >= 15 is 0 Å². The molecule has 7 heteroatoms. The number of hydrogen-bond donors (Lipinski definition) is 3. The first kappa shape index (κ1) is 17.4. The molecule has 0 aromatic carbocycles. The van der Waals surface area contributed by atoms with Crippen LogP contribution in [0.15, 0.2) is 11.4 Å². The molecule has 0 unspecified atom stereocenters. The van der Waals surface area contributed by atoms with Crippen LogP contribution in [0, 0.1) is 11.8 Å². The summed E-state index contributed by atoms with van der Waals surface area (Å²) in [4.78, 5) is 24.1. The summed E-state index contributed by atoms with van der Waals surface area (Å²) in [6, 6.07) is 1.43. The number of ketones is 1. The molecule has 1 saturated carbocycles. The Kier molecular flexibility index (Phi) is 5.60. The summed E-state index contributed by atoms with van der Waals surface area (Å²) < 4.78 is 0. The fourth-order valence-corrected chi connectivity index (χ4v) is 4.13. The second kappa shape index (κ2) is 7.08. The van der Waals surface area contributed by atoms with Gasteiger partial charge < -0.3 is 15.7 Å². The maximum atomic E-state index is 12.2. The van der Waals surface area contributed by atoms with Crippen molar-refractivity contribution in [1.29, 1.82) is 0 Å². The summed E-state index contributed by atoms with van der Waals surface area (Å²) in [6.07, 6.45) is 1.07. The van der Waals surface area contributed by atoms with Gasteiger partial charge in [0.15, 0.2) is 5.78 Å². The number of nitrogens with one attached hydrogen (secondary N) is 2. The number of carbonyl (C=O) groups is 2. The first-order valence-corrected chi connectivity index (χ1v) is 8.21. The SMILES string of the molecule is CC(=O)c1cc(C(=O)N[C@H]2C[C@H]3CNC[C@H]3C[C@@H]2O)cs1.Cl. The molecule has 5 nitrogen and oxygen atoms in total. The van der Waals surface area contributed by atoms with Gasteiger partial charge >= 0.3 is 0 Å². The van der Waals surface area contributed by atoms with Gasteiger partial charge in [-0.25, -0.2) is 0 Å². The molecular weight excluding hydrogens is 324 g/mol. The van der Waals surface area contributed by atoms with E-state index in [1.807, 2.05) is 0 Å². The predicted octanol–water partition coefficient (Wildman–Crippen LogP) is 1.46. The summed E-state index contributed by atoms with van der Waals surface area (Å²) in [5.41, 5.74) is 0.504. The summed E-state index contributed by atoms with van der Waals surface area (Å²) in [5, 5.41) is 18.2. The standard InChI is InChI=1S/C15H20N2O3S.ClH/c1-8(18)14-4-11(7-21-14)15(20)17-12-2-9-5-16-6-10(9)3-13(12)19;/h4,7,9-10,12-13,16,19H,2-3,5-6H2,1H3,(H,17,20);1H/t9-,10+,12-,13-;/m0./s1. The highest BCUT2D eigenvalue weighted by molar-refractivity contribution is 7.12. The van der Waals surface area contributed by atoms with E-state index in [0.29, 0.717) is 22.3 Å². The van der Waals surface area contributed by atoms with Gasteiger partial charge in [0.25, 0.3) is 5.91 Å². The van der Waals surface area contributed by atoms with E-state index < -0.39 is 6.10 Å². The number of carbonyl (C=O) groups excluding carboxylic acids is 2. The molecule has 1 aliphatic heterocycles. The van der Waals surface area contributed by atoms with Crippen LogP contribution in [0.1, 0.15) is 39.8 Å². The molecule has 1 aromatic rings. The van der Waals surface area contributed by atoms with Gasteiger partial charge in [0, 0.05) is 5.38 Å². The fraction of sp³-hybridized carbons (Fsp3) is 0.600. The van der Waals surface area contributed by atoms with Gasteiger partial charge in [-0.2, -0.15) is 0 Å². The third kappa shape index (κ3) is 3.51. The number of aliphatic hydroxyl groups is 1. The van der Waals surface area contributed by atoms with Gasteiger partial charge in [0.1, 0.15) is 0 Å². The summed E-state index contributed by atoms with van der Waals surface area (Å²) in [7, 11) is 0. The van der Waals surface area contributed by atoms with Crippen molar-refractivity contribution in [1.82, 2.24) is 10.6 Å². The van der Waals surface area contributed by atoms with Crippen molar-refractivity contribution in [3.63, 3.8) is 0 Å². The smallest absolute Gasteiger partial charge is 0.252 e. The normalized spacial score (nSPS) is 30.3. The highest BCUT2D eigenvalue weighted by Gasteiger charge is 2.39. The van der Waals surface area contributed by atoms with Crippen LogP contribution in [0.3, 0.4) is 0 Å². The quantitative estimate of drug-likeness (QED) is 0.725. The largest absolute Gasteiger partial charge is 0.391 e. The Morgan fingerprint density at radius 1 is 1.32 bits per heavy atom. The van der Waals surface area contributed by atoms with E-state index in [0.717, 1.165) is 25.9 Å². The zero-order chi connectivity index (χ0) is 15.0. The number of Topliss-reactive ketones (excluding diaryl/α,β-unsaturated/α-hetero) is 1. The Bertz CT molecular complexity index is 563. The van der Waals surface area contributed by atoms with Crippen molar-refractivity contribution in [3.05, 3.63) is 21.9 Å². The minimum absolute atomic E-state index is 0. The second-order valence-electron chi connectivity index (χ2n) is 6.05. The Morgan fingerprint density at radius 2 is 2.00 bits per heavy atom. The molecule has 0 bridgehead atoms. The second-order valence-corrected chi connectivity index (χ2v) is 6.96. The maximum Gasteiger partial charge on any atom is 0.252 e. The van der Waals surface area contributed by atoms with Crippen molar-refractivity contribution >= 4 is 35.4 Å². The molecule has 0 spiro atoms. The molecule has 1 saturated heterocycles. The topological polar surface area (TPSA) is 78.4 Å². The van der Waals surface area contributed by atoms with Crippen LogP contribution in [0.2, 0.25) is 0 Å². The number of rotatable bonds is 3. The van der Waals surface area contributed by atoms with Crippen molar-refractivity contribution in [3.8, 4) is 0 Å². The first-order valence-electron chi connectivity index (χ1n) is 7.33. The Labute approximate surface area is 139 Å². The van der Waals surface area contributed by atoms with Crippen molar-refractivity contribution < 1.29 is 14.7 Å². The van der Waals surface area contributed by atoms with E-state index in [4.69, 9.17) is 0 Å². The van der Waals surface area contributed by atoms with Crippen LogP contribution >= 0.6 is 23.7 Å². The van der Waals surface area contributed by atoms with Gasteiger partial charge in [-0.05, 0) is 50.8 Å². The van der Waals surface area contributed by atoms with Gasteiger partial charge in [0.05, 0.1) is 22.6 Å². The van der Waals surface area contributed by atoms with Crippen molar-refractivity contribution in [2.24, 2.45) is 11.8 Å². The highest BCUT2D eigenvalue weighted by Crippen LogP contribution is 2.33. The van der Waals surface area contributed by atoms with Crippen molar-refractivity contribution in [2.75, 3.05) is 13.1 Å². The maximum absolute atomic E-state index is 12.2. The molecule has 3 N–H and O–H groups in total. The number of fused-ring (bicyclic) bond motifs is 1. The molecule has 2 aliphatic rings. The van der Waals surface area contributed by atoms with Gasteiger partial charge in [-0.1, -0.05) is 0 Å². The third-order valence-electron chi connectivity index (χ3n) is 4.57. The lowest BCUT2D eigenvalue weighted by molar-refractivity contribution is 0.0462. The van der Waals surface area contributed by atoms with Gasteiger partial charge in [0.2, 0.25) is 0 Å². The number of hydrogen-bond acceptors (Lipinski definition) is 5. The first-order chi connectivity index (χ1) is 10.0. The molecule has 0 radical (unpaired) electrons. The molecule has 1 aromatic heterocycles. The monoisotopic (exact) mass is 344 g/mol. The Balaban J connectivity index is 0.00000176. The minimum atomic E-state index is -0.485. The number of aliphatic hydroxyl groups excluding tert-OH is 1. The minimum Gasteiger partial charge on any atom is -0.391 e. The molecule has 1 amide bonds. The summed E-state index contributed by atoms with van der Waals surface area (Å²) in [5.74, 6) is 0.830. The van der Waals surface area contributed by atoms with Crippen LogP contribution in [-0.4, -0.2) is 42.0 Å². The lowest BCUT2D eigenvalue weighted by atomic mass is 9.77. The lowest BCUT2D eigenvalue weighted by Gasteiger charge is -2.35. The average molecular weight is 345 g/mol. The van der Waals surface area contributed by atoms with Crippen LogP contribution in [0.25, 0.3) is 0 Å². The average Bonchev–Trinajstić information content (AvgIpc) is 3.07. The number of amides is 1. The zero-order valence-electron chi connectivity index (χ0n) is 12.4. The molecule has 4 atom stereocenters. The van der Waals surface area contributed by atoms with Crippen LogP contribution in [0.4, 0.5) is 0 Å². The van der Waals surface area contributed by atoms with Crippen molar-refractivity contribution in [2.45, 2.75) is 31.9 Å². The van der Waals surface area contributed by atoms with E-state index in [9.17, 15) is 14.7 Å². The third-order valence-corrected chi connectivity index (χ3v) is 5.60.